The van der Waals surface area contributed by atoms with E-state index in [-0.39, 0.29) is 24.8 Å². The molecule has 2 aliphatic carbocycles. The predicted octanol–water partition coefficient (Wildman–Crippen LogP) is -1.52. The molecular weight excluding hydrogens is 551 g/mol. The molecule has 0 atom stereocenters. The molecule has 0 spiro atoms. The summed E-state index contributed by atoms with van der Waals surface area (Å²) in [6.07, 6.45) is 7.87. The second kappa shape index (κ2) is 10.7. The first kappa shape index (κ1) is 25.0. The normalized spacial score (nSPS) is 12.9. The van der Waals surface area contributed by atoms with Gasteiger partial charge in [-0.25, -0.2) is 0 Å². The zero-order chi connectivity index (χ0) is 21.5. The fourth-order valence-electron chi connectivity index (χ4n) is 5.02. The molecule has 0 N–H and O–H groups in total. The molecule has 0 fully saturated rings. The molecule has 4 aromatic rings. The van der Waals surface area contributed by atoms with Crippen molar-refractivity contribution in [2.45, 2.75) is 6.42 Å². The van der Waals surface area contributed by atoms with E-state index in [2.05, 4.69) is 115 Å². The number of benzene rings is 4. The Balaban J connectivity index is 0.00000137. The van der Waals surface area contributed by atoms with Crippen LogP contribution in [0.5, 0.6) is 0 Å². The van der Waals surface area contributed by atoms with Crippen LogP contribution in [0.3, 0.4) is 0 Å². The van der Waals surface area contributed by atoms with Crippen molar-refractivity contribution in [2.75, 3.05) is 0 Å². The SMILES string of the molecule is [Cl-].[Cl-].[Zr+2][C]1=c2ccccc2=c2ccc(=[Si](c3ccccc3)c3ccccc3)c(C3=CC=CC3)c21. The van der Waals surface area contributed by atoms with Crippen LogP contribution >= 0.6 is 0 Å². The van der Waals surface area contributed by atoms with Crippen molar-refractivity contribution in [3.63, 3.8) is 0 Å². The summed E-state index contributed by atoms with van der Waals surface area (Å²) < 4.78 is 1.50. The molecule has 2 aliphatic rings. The summed E-state index contributed by atoms with van der Waals surface area (Å²) in [5.74, 6) is 0. The topological polar surface area (TPSA) is 0 Å². The summed E-state index contributed by atoms with van der Waals surface area (Å²) in [5.41, 5.74) is 4.42. The van der Waals surface area contributed by atoms with Crippen LogP contribution in [0.15, 0.2) is 115 Å². The van der Waals surface area contributed by atoms with Crippen LogP contribution in [0.2, 0.25) is 0 Å². The molecule has 0 saturated heterocycles. The molecule has 0 bridgehead atoms. The number of fused-ring (bicyclic) bond motifs is 2. The van der Waals surface area contributed by atoms with Crippen molar-refractivity contribution in [3.05, 3.63) is 147 Å². The van der Waals surface area contributed by atoms with Gasteiger partial charge in [0.2, 0.25) is 0 Å². The van der Waals surface area contributed by atoms with E-state index >= 15 is 0 Å². The third-order valence-corrected chi connectivity index (χ3v) is 10.5. The Kier molecular flexibility index (Phi) is 7.85. The third-order valence-electron chi connectivity index (χ3n) is 6.43. The van der Waals surface area contributed by atoms with E-state index in [1.807, 2.05) is 0 Å². The van der Waals surface area contributed by atoms with E-state index in [9.17, 15) is 0 Å². The van der Waals surface area contributed by atoms with E-state index in [1.165, 1.54) is 75.5 Å². The molecule has 0 radical (unpaired) electrons. The molecule has 34 heavy (non-hydrogen) atoms. The van der Waals surface area contributed by atoms with Crippen molar-refractivity contribution in [1.29, 1.82) is 0 Å². The van der Waals surface area contributed by atoms with Crippen LogP contribution in [0.1, 0.15) is 17.5 Å². The Hall–Kier alpha value is -2.09. The van der Waals surface area contributed by atoms with Crippen molar-refractivity contribution in [2.24, 2.45) is 0 Å². The summed E-state index contributed by atoms with van der Waals surface area (Å²) in [7, 11) is -1.15. The van der Waals surface area contributed by atoms with Gasteiger partial charge >= 0.3 is 206 Å². The molecule has 0 nitrogen and oxygen atoms in total. The minimum absolute atomic E-state index is 0. The van der Waals surface area contributed by atoms with E-state index in [4.69, 9.17) is 0 Å². The van der Waals surface area contributed by atoms with Gasteiger partial charge in [0, 0.05) is 0 Å². The number of rotatable bonds is 3. The Bertz CT molecular complexity index is 1600. The second-order valence-corrected chi connectivity index (χ2v) is 11.9. The zero-order valence-corrected chi connectivity index (χ0v) is 23.4. The number of halogens is 2. The molecule has 0 saturated carbocycles. The molecular formula is C30H21Cl2SiZr. The van der Waals surface area contributed by atoms with E-state index in [1.54, 1.807) is 0 Å². The Labute approximate surface area is 229 Å². The standard InChI is InChI=1S/C30H21Si.2ClH.Zr/c1-3-14-24(15-4-1)31(25-16-5-2-6-17-25)29-20-19-27-26-18-10-9-13-23(26)21-28(27)30(29)22-11-7-8-12-22;;;/h1-11,13-20H,12H2;2*1H;/q;;;+2/p-2. The Morgan fingerprint density at radius 2 is 1.18 bits per heavy atom. The quantitative estimate of drug-likeness (QED) is 0.263. The molecule has 6 rings (SSSR count). The van der Waals surface area contributed by atoms with Gasteiger partial charge in [-0.05, 0) is 0 Å². The van der Waals surface area contributed by atoms with Crippen LogP contribution < -0.4 is 40.4 Å². The Morgan fingerprint density at radius 3 is 1.76 bits per heavy atom. The molecule has 0 heterocycles. The number of hydrogen-bond donors (Lipinski definition) is 0. The first-order valence-electron chi connectivity index (χ1n) is 11.0. The minimum atomic E-state index is -1.15. The molecule has 163 valence electrons. The van der Waals surface area contributed by atoms with Crippen LogP contribution in [0.4, 0.5) is 0 Å². The zero-order valence-electron chi connectivity index (χ0n) is 18.4. The van der Waals surface area contributed by atoms with Gasteiger partial charge in [-0.1, -0.05) is 0 Å². The fourth-order valence-corrected chi connectivity index (χ4v) is 8.99. The monoisotopic (exact) mass is 569 g/mol. The van der Waals surface area contributed by atoms with Crippen LogP contribution in [-0.2, 0) is 24.7 Å². The van der Waals surface area contributed by atoms with Gasteiger partial charge in [0.15, 0.2) is 0 Å². The summed E-state index contributed by atoms with van der Waals surface area (Å²) in [5, 5.41) is 7.09. The Morgan fingerprint density at radius 1 is 0.588 bits per heavy atom. The van der Waals surface area contributed by atoms with Gasteiger partial charge in [0.25, 0.3) is 0 Å². The first-order chi connectivity index (χ1) is 15.8. The predicted molar refractivity (Wildman–Crippen MR) is 131 cm³/mol. The third kappa shape index (κ3) is 4.23. The summed E-state index contributed by atoms with van der Waals surface area (Å²) in [4.78, 5) is 1.51. The van der Waals surface area contributed by atoms with Crippen molar-refractivity contribution in [3.8, 4) is 0 Å². The first-order valence-corrected chi connectivity index (χ1v) is 13.8. The van der Waals surface area contributed by atoms with Gasteiger partial charge in [0.05, 0.1) is 0 Å². The summed E-state index contributed by atoms with van der Waals surface area (Å²) in [6, 6.07) is 36.0. The van der Waals surface area contributed by atoms with Gasteiger partial charge in [-0.15, -0.1) is 0 Å². The van der Waals surface area contributed by atoms with Crippen molar-refractivity contribution >= 4 is 27.6 Å². The number of hydrogen-bond acceptors (Lipinski definition) is 0. The van der Waals surface area contributed by atoms with Crippen LogP contribution in [0, 0.1) is 15.3 Å². The average molecular weight is 572 g/mol. The van der Waals surface area contributed by atoms with Crippen molar-refractivity contribution in [1.82, 2.24) is 0 Å². The van der Waals surface area contributed by atoms with Crippen LogP contribution in [0.25, 0.3) is 8.85 Å². The van der Waals surface area contributed by atoms with Crippen molar-refractivity contribution < 1.29 is 49.5 Å². The molecule has 0 aliphatic heterocycles. The summed E-state index contributed by atoms with van der Waals surface area (Å²) >= 11 is 1.49. The number of allylic oxidation sites excluding steroid dienone is 4. The maximum absolute atomic E-state index is 2.44. The maximum atomic E-state index is 2.44. The second-order valence-electron chi connectivity index (χ2n) is 8.26. The van der Waals surface area contributed by atoms with E-state index in [0.29, 0.717) is 0 Å². The van der Waals surface area contributed by atoms with Gasteiger partial charge < -0.3 is 24.8 Å². The molecule has 0 aromatic heterocycles. The van der Waals surface area contributed by atoms with Gasteiger partial charge in [0.1, 0.15) is 0 Å². The van der Waals surface area contributed by atoms with Gasteiger partial charge in [-0.3, -0.25) is 0 Å². The van der Waals surface area contributed by atoms with E-state index in [0.717, 1.165) is 6.42 Å². The summed E-state index contributed by atoms with van der Waals surface area (Å²) in [6.45, 7) is 0. The fraction of sp³-hybridized carbons (Fsp3) is 0.0333. The molecule has 0 unspecified atom stereocenters. The van der Waals surface area contributed by atoms with Gasteiger partial charge in [-0.2, -0.15) is 0 Å². The average Bonchev–Trinajstić information content (AvgIpc) is 3.48. The molecule has 4 heteroatoms. The van der Waals surface area contributed by atoms with Crippen LogP contribution in [-0.4, -0.2) is 8.41 Å². The molecule has 0 amide bonds. The molecule has 4 aromatic carbocycles. The van der Waals surface area contributed by atoms with E-state index < -0.39 is 8.41 Å².